The summed E-state index contributed by atoms with van der Waals surface area (Å²) >= 11 is 0. The lowest BCUT2D eigenvalue weighted by molar-refractivity contribution is -0.137. The van der Waals surface area contributed by atoms with Crippen LogP contribution in [-0.4, -0.2) is 31.8 Å². The molecule has 0 fully saturated rings. The van der Waals surface area contributed by atoms with Crippen LogP contribution in [0.4, 0.5) is 4.39 Å². The number of carboxylic acid groups (broad SMARTS) is 1. The number of primary sulfonamides is 1. The second-order valence-corrected chi connectivity index (χ2v) is 7.70. The van der Waals surface area contributed by atoms with Crippen molar-refractivity contribution in [2.24, 2.45) is 5.14 Å². The fourth-order valence-electron chi connectivity index (χ4n) is 2.83. The van der Waals surface area contributed by atoms with Gasteiger partial charge in [0, 0.05) is 12.0 Å². The Hall–Kier alpha value is -3.24. The van der Waals surface area contributed by atoms with Crippen LogP contribution in [0, 0.1) is 5.82 Å². The molecule has 0 aliphatic rings. The summed E-state index contributed by atoms with van der Waals surface area (Å²) in [4.78, 5) is 10.9. The molecule has 0 spiro atoms. The summed E-state index contributed by atoms with van der Waals surface area (Å²) < 4.78 is 47.4. The number of sulfonamides is 1. The number of hydrogen-bond acceptors (Lipinski definition) is 6. The molecule has 1 aromatic heterocycles. The van der Waals surface area contributed by atoms with Gasteiger partial charge in [0.1, 0.15) is 11.5 Å². The monoisotopic (exact) mass is 420 g/mol. The van der Waals surface area contributed by atoms with Crippen LogP contribution in [-0.2, 0) is 21.2 Å². The number of aryl methyl sites for hydroxylation is 1. The minimum atomic E-state index is -3.88. The summed E-state index contributed by atoms with van der Waals surface area (Å²) in [5.74, 6) is -1.28. The third-order valence-electron chi connectivity index (χ3n) is 4.23. The summed E-state index contributed by atoms with van der Waals surface area (Å²) in [6.07, 6.45) is -0.152. The molecule has 0 amide bonds. The number of aromatic nitrogens is 1. The summed E-state index contributed by atoms with van der Waals surface area (Å²) in [6, 6.07) is 9.88. The molecule has 29 heavy (non-hydrogen) atoms. The third-order valence-corrected chi connectivity index (χ3v) is 5.15. The molecule has 0 saturated carbocycles. The van der Waals surface area contributed by atoms with E-state index >= 15 is 0 Å². The molecule has 0 saturated heterocycles. The summed E-state index contributed by atoms with van der Waals surface area (Å²) in [6.45, 7) is 0. The predicted molar refractivity (Wildman–Crippen MR) is 101 cm³/mol. The maximum Gasteiger partial charge on any atom is 0.303 e. The Morgan fingerprint density at radius 3 is 2.41 bits per heavy atom. The zero-order valence-corrected chi connectivity index (χ0v) is 16.1. The number of benzene rings is 2. The topological polar surface area (TPSA) is 133 Å². The first-order valence-corrected chi connectivity index (χ1v) is 9.93. The lowest BCUT2D eigenvalue weighted by Gasteiger charge is -2.07. The maximum atomic E-state index is 14.2. The van der Waals surface area contributed by atoms with Gasteiger partial charge in [0.25, 0.3) is 0 Å². The van der Waals surface area contributed by atoms with Crippen molar-refractivity contribution in [3.8, 4) is 28.1 Å². The van der Waals surface area contributed by atoms with Crippen molar-refractivity contribution in [2.75, 3.05) is 7.11 Å². The van der Waals surface area contributed by atoms with E-state index in [1.54, 1.807) is 6.07 Å². The Morgan fingerprint density at radius 1 is 1.21 bits per heavy atom. The van der Waals surface area contributed by atoms with E-state index in [-0.39, 0.29) is 34.9 Å². The van der Waals surface area contributed by atoms with Gasteiger partial charge >= 0.3 is 5.97 Å². The van der Waals surface area contributed by atoms with E-state index in [1.165, 1.54) is 43.5 Å². The average molecular weight is 420 g/mol. The van der Waals surface area contributed by atoms with E-state index in [0.717, 1.165) is 0 Å². The van der Waals surface area contributed by atoms with Gasteiger partial charge in [0.15, 0.2) is 11.6 Å². The molecule has 2 aromatic carbocycles. The highest BCUT2D eigenvalue weighted by molar-refractivity contribution is 7.89. The lowest BCUT2D eigenvalue weighted by atomic mass is 9.97. The van der Waals surface area contributed by atoms with Crippen molar-refractivity contribution in [1.29, 1.82) is 0 Å². The number of nitrogens with zero attached hydrogens (tertiary/aromatic N) is 1. The Balaban J connectivity index is 2.13. The summed E-state index contributed by atoms with van der Waals surface area (Å²) in [5, 5.41) is 18.1. The van der Waals surface area contributed by atoms with Crippen molar-refractivity contribution in [2.45, 2.75) is 17.7 Å². The van der Waals surface area contributed by atoms with Gasteiger partial charge in [-0.25, -0.2) is 17.9 Å². The van der Waals surface area contributed by atoms with Gasteiger partial charge < -0.3 is 14.4 Å². The van der Waals surface area contributed by atoms with Crippen LogP contribution in [0.2, 0.25) is 0 Å². The molecule has 0 radical (unpaired) electrons. The first kappa shape index (κ1) is 20.5. The average Bonchev–Trinajstić information content (AvgIpc) is 3.09. The van der Waals surface area contributed by atoms with Crippen LogP contribution in [0.1, 0.15) is 12.2 Å². The zero-order valence-electron chi connectivity index (χ0n) is 15.3. The highest BCUT2D eigenvalue weighted by Gasteiger charge is 2.21. The zero-order chi connectivity index (χ0) is 21.2. The number of methoxy groups -OCH3 is 1. The van der Waals surface area contributed by atoms with Gasteiger partial charge in [0.2, 0.25) is 10.0 Å². The molecule has 3 N–H and O–H groups in total. The molecular weight excluding hydrogens is 403 g/mol. The molecule has 152 valence electrons. The van der Waals surface area contributed by atoms with Crippen molar-refractivity contribution in [3.63, 3.8) is 0 Å². The maximum absolute atomic E-state index is 14.2. The molecule has 10 heteroatoms. The second kappa shape index (κ2) is 8.02. The Bertz CT molecular complexity index is 1160. The van der Waals surface area contributed by atoms with Crippen molar-refractivity contribution in [3.05, 3.63) is 54.0 Å². The van der Waals surface area contributed by atoms with Crippen LogP contribution in [0.15, 0.2) is 51.9 Å². The fourth-order valence-corrected chi connectivity index (χ4v) is 3.35. The second-order valence-electron chi connectivity index (χ2n) is 6.14. The Kier molecular flexibility index (Phi) is 5.66. The molecule has 0 unspecified atom stereocenters. The Labute approximate surface area is 165 Å². The highest BCUT2D eigenvalue weighted by Crippen LogP contribution is 2.37. The van der Waals surface area contributed by atoms with Crippen LogP contribution in [0.25, 0.3) is 22.4 Å². The first-order chi connectivity index (χ1) is 13.7. The van der Waals surface area contributed by atoms with Gasteiger partial charge in [-0.1, -0.05) is 17.3 Å². The van der Waals surface area contributed by atoms with Crippen LogP contribution in [0.5, 0.6) is 5.75 Å². The predicted octanol–water partition coefficient (Wildman–Crippen LogP) is 2.82. The van der Waals surface area contributed by atoms with E-state index in [9.17, 15) is 17.6 Å². The number of carbonyl (C=O) groups is 1. The smallest absolute Gasteiger partial charge is 0.303 e. The standard InChI is InChI=1S/C19H17FN2O6S/c1-27-15-7-4-12(10-14(15)20)19-18(16(28-22-19)8-9-17(23)24)11-2-5-13(6-3-11)29(21,25)26/h2-7,10H,8-9H2,1H3,(H,23,24)(H2,21,25,26). The SMILES string of the molecule is COc1ccc(-c2noc(CCC(=O)O)c2-c2ccc(S(N)(=O)=O)cc2)cc1F. The molecule has 3 aromatic rings. The number of ether oxygens (including phenoxy) is 1. The van der Waals surface area contributed by atoms with E-state index in [0.29, 0.717) is 16.7 Å². The fraction of sp³-hybridized carbons (Fsp3) is 0.158. The lowest BCUT2D eigenvalue weighted by Crippen LogP contribution is -2.11. The van der Waals surface area contributed by atoms with E-state index in [4.69, 9.17) is 19.5 Å². The molecule has 8 nitrogen and oxygen atoms in total. The largest absolute Gasteiger partial charge is 0.494 e. The van der Waals surface area contributed by atoms with Gasteiger partial charge in [-0.2, -0.15) is 0 Å². The van der Waals surface area contributed by atoms with E-state index in [2.05, 4.69) is 5.16 Å². The normalized spacial score (nSPS) is 11.4. The number of halogens is 1. The molecule has 0 aliphatic carbocycles. The number of aliphatic carboxylic acids is 1. The van der Waals surface area contributed by atoms with Gasteiger partial charge in [0.05, 0.1) is 24.0 Å². The third kappa shape index (κ3) is 4.44. The van der Waals surface area contributed by atoms with E-state index < -0.39 is 21.8 Å². The van der Waals surface area contributed by atoms with Crippen molar-refractivity contribution in [1.82, 2.24) is 5.16 Å². The quantitative estimate of drug-likeness (QED) is 0.600. The van der Waals surface area contributed by atoms with Gasteiger partial charge in [-0.05, 0) is 35.9 Å². The van der Waals surface area contributed by atoms with Crippen LogP contribution < -0.4 is 9.88 Å². The van der Waals surface area contributed by atoms with Crippen LogP contribution >= 0.6 is 0 Å². The minimum Gasteiger partial charge on any atom is -0.494 e. The molecule has 0 bridgehead atoms. The first-order valence-electron chi connectivity index (χ1n) is 8.38. The highest BCUT2D eigenvalue weighted by atomic mass is 32.2. The number of carboxylic acids is 1. The molecule has 1 heterocycles. The van der Waals surface area contributed by atoms with Crippen molar-refractivity contribution >= 4 is 16.0 Å². The minimum absolute atomic E-state index is 0.0489. The summed E-state index contributed by atoms with van der Waals surface area (Å²) in [5.41, 5.74) is 1.64. The van der Waals surface area contributed by atoms with Gasteiger partial charge in [-0.3, -0.25) is 4.79 Å². The number of rotatable bonds is 7. The number of hydrogen-bond donors (Lipinski definition) is 2. The van der Waals surface area contributed by atoms with E-state index in [1.807, 2.05) is 0 Å². The molecule has 0 atom stereocenters. The molecular formula is C19H17FN2O6S. The van der Waals surface area contributed by atoms with Gasteiger partial charge in [-0.15, -0.1) is 0 Å². The molecule has 3 rings (SSSR count). The summed E-state index contributed by atoms with van der Waals surface area (Å²) in [7, 11) is -2.53. The van der Waals surface area contributed by atoms with Crippen molar-refractivity contribution < 1.29 is 32.0 Å². The van der Waals surface area contributed by atoms with Crippen LogP contribution in [0.3, 0.4) is 0 Å². The number of nitrogens with two attached hydrogens (primary N) is 1. The Morgan fingerprint density at radius 2 is 1.86 bits per heavy atom. The molecule has 0 aliphatic heterocycles.